The van der Waals surface area contributed by atoms with Crippen molar-refractivity contribution in [3.63, 3.8) is 0 Å². The molecule has 0 radical (unpaired) electrons. The SMILES string of the molecule is OC1CC(COS)O[C@@H](Oc2ccccc2Cc2ccc(S)cc2)C1. The van der Waals surface area contributed by atoms with E-state index in [1.165, 1.54) is 5.56 Å². The Morgan fingerprint density at radius 2 is 1.84 bits per heavy atom. The van der Waals surface area contributed by atoms with E-state index in [4.69, 9.17) is 13.7 Å². The zero-order valence-corrected chi connectivity index (χ0v) is 15.5. The van der Waals surface area contributed by atoms with Gasteiger partial charge in [0, 0.05) is 24.2 Å². The van der Waals surface area contributed by atoms with Crippen molar-refractivity contribution in [2.75, 3.05) is 6.61 Å². The minimum atomic E-state index is -0.502. The lowest BCUT2D eigenvalue weighted by Crippen LogP contribution is -2.40. The lowest BCUT2D eigenvalue weighted by Gasteiger charge is -2.33. The highest BCUT2D eigenvalue weighted by Gasteiger charge is 2.30. The first-order valence-corrected chi connectivity index (χ1v) is 9.07. The fourth-order valence-corrected chi connectivity index (χ4v) is 3.27. The third-order valence-corrected chi connectivity index (χ3v) is 4.61. The standard InChI is InChI=1S/C19H22O4S2/c20-15-10-16(12-21-25)22-19(11-15)23-18-4-2-1-3-14(18)9-13-5-7-17(24)8-6-13/h1-8,15-16,19-20,24-25H,9-12H2/t15?,16?,19-/m0/s1. The van der Waals surface area contributed by atoms with Crippen molar-refractivity contribution in [3.05, 3.63) is 59.7 Å². The second-order valence-corrected chi connectivity index (χ2v) is 6.95. The Balaban J connectivity index is 1.71. The van der Waals surface area contributed by atoms with Crippen LogP contribution in [-0.2, 0) is 15.3 Å². The Labute approximate surface area is 159 Å². The maximum atomic E-state index is 10.0. The number of hydrogen-bond donors (Lipinski definition) is 3. The molecule has 0 aromatic heterocycles. The molecule has 2 unspecified atom stereocenters. The van der Waals surface area contributed by atoms with Crippen LogP contribution in [0.5, 0.6) is 5.75 Å². The summed E-state index contributed by atoms with van der Waals surface area (Å²) in [5, 5.41) is 10.0. The van der Waals surface area contributed by atoms with Crippen molar-refractivity contribution in [3.8, 4) is 5.75 Å². The highest BCUT2D eigenvalue weighted by Crippen LogP contribution is 2.27. The molecule has 1 fully saturated rings. The van der Waals surface area contributed by atoms with E-state index >= 15 is 0 Å². The van der Waals surface area contributed by atoms with E-state index in [9.17, 15) is 5.11 Å². The van der Waals surface area contributed by atoms with E-state index in [1.54, 1.807) is 0 Å². The number of para-hydroxylation sites is 1. The molecule has 0 bridgehead atoms. The normalized spacial score (nSPS) is 23.4. The zero-order valence-electron chi connectivity index (χ0n) is 13.7. The number of aliphatic hydroxyl groups excluding tert-OH is 1. The van der Waals surface area contributed by atoms with Gasteiger partial charge in [0.15, 0.2) is 0 Å². The van der Waals surface area contributed by atoms with Gasteiger partial charge in [-0.2, -0.15) is 0 Å². The molecule has 0 saturated carbocycles. The van der Waals surface area contributed by atoms with Crippen LogP contribution in [0.1, 0.15) is 24.0 Å². The van der Waals surface area contributed by atoms with Crippen LogP contribution in [0.4, 0.5) is 0 Å². The summed E-state index contributed by atoms with van der Waals surface area (Å²) in [4.78, 5) is 0.940. The molecule has 1 aliphatic heterocycles. The molecular formula is C19H22O4S2. The van der Waals surface area contributed by atoms with Crippen LogP contribution in [0.25, 0.3) is 0 Å². The number of rotatable bonds is 6. The smallest absolute Gasteiger partial charge is 0.202 e. The lowest BCUT2D eigenvalue weighted by atomic mass is 10.0. The summed E-state index contributed by atoms with van der Waals surface area (Å²) in [5.74, 6) is 0.766. The Bertz CT molecular complexity index is 677. The second kappa shape index (κ2) is 8.96. The van der Waals surface area contributed by atoms with E-state index < -0.39 is 12.4 Å². The van der Waals surface area contributed by atoms with Gasteiger partial charge in [0.25, 0.3) is 0 Å². The summed E-state index contributed by atoms with van der Waals surface area (Å²) in [5.41, 5.74) is 2.25. The topological polar surface area (TPSA) is 47.9 Å². The van der Waals surface area contributed by atoms with E-state index in [-0.39, 0.29) is 6.10 Å². The molecule has 3 atom stereocenters. The van der Waals surface area contributed by atoms with E-state index in [0.717, 1.165) is 22.6 Å². The number of benzene rings is 2. The molecule has 0 amide bonds. The number of aliphatic hydroxyl groups is 1. The van der Waals surface area contributed by atoms with Crippen molar-refractivity contribution in [1.82, 2.24) is 0 Å². The average Bonchev–Trinajstić information content (AvgIpc) is 2.58. The van der Waals surface area contributed by atoms with Gasteiger partial charge in [-0.25, -0.2) is 0 Å². The fraction of sp³-hybridized carbons (Fsp3) is 0.368. The van der Waals surface area contributed by atoms with Crippen LogP contribution >= 0.6 is 25.5 Å². The van der Waals surface area contributed by atoms with Crippen molar-refractivity contribution in [2.45, 2.75) is 42.7 Å². The minimum absolute atomic E-state index is 0.221. The second-order valence-electron chi connectivity index (χ2n) is 6.18. The van der Waals surface area contributed by atoms with Gasteiger partial charge in [-0.15, -0.1) is 12.6 Å². The summed E-state index contributed by atoms with van der Waals surface area (Å²) >= 11 is 8.08. The molecule has 6 heteroatoms. The zero-order chi connectivity index (χ0) is 17.6. The molecule has 4 nitrogen and oxygen atoms in total. The minimum Gasteiger partial charge on any atom is -0.465 e. The monoisotopic (exact) mass is 378 g/mol. The van der Waals surface area contributed by atoms with Gasteiger partial charge in [-0.1, -0.05) is 30.3 Å². The predicted octanol–water partition coefficient (Wildman–Crippen LogP) is 3.67. The lowest BCUT2D eigenvalue weighted by molar-refractivity contribution is -0.181. The summed E-state index contributed by atoms with van der Waals surface area (Å²) in [6, 6.07) is 16.0. The van der Waals surface area contributed by atoms with Crippen LogP contribution in [0.15, 0.2) is 53.4 Å². The molecule has 134 valence electrons. The fourth-order valence-electron chi connectivity index (χ4n) is 2.95. The largest absolute Gasteiger partial charge is 0.465 e. The molecule has 1 N–H and O–H groups in total. The summed E-state index contributed by atoms with van der Waals surface area (Å²) in [7, 11) is 0. The van der Waals surface area contributed by atoms with Crippen LogP contribution in [0.3, 0.4) is 0 Å². The molecule has 1 aliphatic rings. The Morgan fingerprint density at radius 1 is 1.08 bits per heavy atom. The van der Waals surface area contributed by atoms with Crippen LogP contribution in [0.2, 0.25) is 0 Å². The van der Waals surface area contributed by atoms with Crippen molar-refractivity contribution >= 4 is 25.5 Å². The van der Waals surface area contributed by atoms with Crippen molar-refractivity contribution < 1.29 is 18.8 Å². The van der Waals surface area contributed by atoms with Gasteiger partial charge < -0.3 is 18.8 Å². The molecule has 2 aromatic carbocycles. The number of ether oxygens (including phenoxy) is 2. The van der Waals surface area contributed by atoms with Crippen LogP contribution < -0.4 is 4.74 Å². The van der Waals surface area contributed by atoms with E-state index in [0.29, 0.717) is 19.4 Å². The van der Waals surface area contributed by atoms with Gasteiger partial charge in [-0.05, 0) is 42.2 Å². The third kappa shape index (κ3) is 5.39. The highest BCUT2D eigenvalue weighted by atomic mass is 32.1. The quantitative estimate of drug-likeness (QED) is 0.530. The molecular weight excluding hydrogens is 356 g/mol. The predicted molar refractivity (Wildman–Crippen MR) is 102 cm³/mol. The Hall–Kier alpha value is -1.18. The first-order chi connectivity index (χ1) is 12.1. The first kappa shape index (κ1) is 18.6. The van der Waals surface area contributed by atoms with Crippen LogP contribution in [0, 0.1) is 0 Å². The summed E-state index contributed by atoms with van der Waals surface area (Å²) in [6.07, 6.45) is 0.522. The van der Waals surface area contributed by atoms with Gasteiger partial charge >= 0.3 is 0 Å². The summed E-state index contributed by atoms with van der Waals surface area (Å²) in [6.45, 7) is 0.317. The molecule has 0 aliphatic carbocycles. The van der Waals surface area contributed by atoms with E-state index in [1.807, 2.05) is 36.4 Å². The van der Waals surface area contributed by atoms with Gasteiger partial charge in [-0.3, -0.25) is 0 Å². The molecule has 25 heavy (non-hydrogen) atoms. The molecule has 0 spiro atoms. The summed E-state index contributed by atoms with van der Waals surface area (Å²) < 4.78 is 16.7. The Kier molecular flexibility index (Phi) is 6.67. The molecule has 2 aromatic rings. The van der Waals surface area contributed by atoms with Crippen molar-refractivity contribution in [1.29, 1.82) is 0 Å². The number of hydrogen-bond acceptors (Lipinski definition) is 6. The van der Waals surface area contributed by atoms with Gasteiger partial charge in [0.2, 0.25) is 6.29 Å². The van der Waals surface area contributed by atoms with Crippen LogP contribution in [-0.4, -0.2) is 30.2 Å². The molecule has 1 saturated heterocycles. The van der Waals surface area contributed by atoms with E-state index in [2.05, 4.69) is 37.7 Å². The Morgan fingerprint density at radius 3 is 2.60 bits per heavy atom. The molecule has 3 rings (SSSR count). The van der Waals surface area contributed by atoms with Gasteiger partial charge in [0.1, 0.15) is 5.75 Å². The maximum absolute atomic E-state index is 10.0. The number of thiol groups is 2. The van der Waals surface area contributed by atoms with Crippen molar-refractivity contribution in [2.24, 2.45) is 0 Å². The highest BCUT2D eigenvalue weighted by molar-refractivity contribution is 7.80. The average molecular weight is 379 g/mol. The maximum Gasteiger partial charge on any atom is 0.202 e. The third-order valence-electron chi connectivity index (χ3n) is 4.17. The first-order valence-electron chi connectivity index (χ1n) is 8.26. The van der Waals surface area contributed by atoms with Gasteiger partial charge in [0.05, 0.1) is 18.8 Å². The molecule has 1 heterocycles.